The van der Waals surface area contributed by atoms with Gasteiger partial charge in [0.25, 0.3) is 0 Å². The normalized spacial score (nSPS) is 11.7. The van der Waals surface area contributed by atoms with Gasteiger partial charge in [-0.05, 0) is 103 Å². The predicted octanol–water partition coefficient (Wildman–Crippen LogP) is 6.79. The molecule has 0 saturated carbocycles. The van der Waals surface area contributed by atoms with E-state index < -0.39 is 0 Å². The molecule has 2 N–H and O–H groups in total. The van der Waals surface area contributed by atoms with Gasteiger partial charge in [0.2, 0.25) is 0 Å². The molecule has 8 nitrogen and oxygen atoms in total. The Hall–Kier alpha value is -3.95. The molecule has 0 aliphatic carbocycles. The van der Waals surface area contributed by atoms with Crippen LogP contribution in [0, 0.1) is 0 Å². The molecule has 0 unspecified atom stereocenters. The second-order valence-corrected chi connectivity index (χ2v) is 13.0. The number of rotatable bonds is 19. The van der Waals surface area contributed by atoms with Gasteiger partial charge in [0.1, 0.15) is 0 Å². The van der Waals surface area contributed by atoms with E-state index in [1.807, 2.05) is 29.1 Å². The van der Waals surface area contributed by atoms with Crippen molar-refractivity contribution in [3.8, 4) is 28.3 Å². The summed E-state index contributed by atoms with van der Waals surface area (Å²) in [6.45, 7) is 6.11. The molecule has 0 bridgehead atoms. The molecule has 5 aromatic rings. The maximum absolute atomic E-state index is 5.14. The van der Waals surface area contributed by atoms with Gasteiger partial charge in [0, 0.05) is 24.2 Å². The zero-order valence-corrected chi connectivity index (χ0v) is 28.8. The van der Waals surface area contributed by atoms with Crippen LogP contribution in [0.25, 0.3) is 39.4 Å². The van der Waals surface area contributed by atoms with Crippen LogP contribution in [-0.2, 0) is 13.1 Å². The SMILES string of the molecule is CN(C)CCCCCNCc1ccc(-c2nc(-c3ccc(CNCCCCCN(C)C)cc3)c3cnn(-c4ccccc4)c3n2)cc1. The Labute approximate surface area is 281 Å². The number of hydrogen-bond donors (Lipinski definition) is 2. The number of aromatic nitrogens is 4. The van der Waals surface area contributed by atoms with Crippen molar-refractivity contribution in [2.45, 2.75) is 51.6 Å². The molecule has 2 aromatic heterocycles. The molecule has 248 valence electrons. The van der Waals surface area contributed by atoms with Crippen LogP contribution in [0.2, 0.25) is 0 Å². The van der Waals surface area contributed by atoms with E-state index in [-0.39, 0.29) is 0 Å². The molecule has 0 fully saturated rings. The van der Waals surface area contributed by atoms with Crippen molar-refractivity contribution in [1.29, 1.82) is 0 Å². The van der Waals surface area contributed by atoms with E-state index in [1.54, 1.807) is 0 Å². The molecule has 0 aliphatic heterocycles. The van der Waals surface area contributed by atoms with Crippen LogP contribution in [0.4, 0.5) is 0 Å². The summed E-state index contributed by atoms with van der Waals surface area (Å²) in [6.07, 6.45) is 9.30. The number of nitrogens with one attached hydrogen (secondary N) is 2. The highest BCUT2D eigenvalue weighted by atomic mass is 15.3. The van der Waals surface area contributed by atoms with E-state index in [4.69, 9.17) is 15.1 Å². The highest BCUT2D eigenvalue weighted by molar-refractivity contribution is 5.92. The fourth-order valence-corrected chi connectivity index (χ4v) is 5.74. The Morgan fingerprint density at radius 2 is 1.15 bits per heavy atom. The summed E-state index contributed by atoms with van der Waals surface area (Å²) in [6, 6.07) is 27.6. The third-order valence-electron chi connectivity index (χ3n) is 8.44. The molecule has 8 heteroatoms. The van der Waals surface area contributed by atoms with Gasteiger partial charge in [0.15, 0.2) is 11.5 Å². The van der Waals surface area contributed by atoms with Crippen LogP contribution in [-0.4, -0.2) is 83.9 Å². The molecule has 3 aromatic carbocycles. The summed E-state index contributed by atoms with van der Waals surface area (Å²) in [4.78, 5) is 14.7. The van der Waals surface area contributed by atoms with Crippen molar-refractivity contribution < 1.29 is 0 Å². The molecule has 0 saturated heterocycles. The minimum atomic E-state index is 0.700. The molecule has 0 aliphatic rings. The van der Waals surface area contributed by atoms with Crippen LogP contribution in [0.15, 0.2) is 85.1 Å². The quantitative estimate of drug-likeness (QED) is 0.0971. The lowest BCUT2D eigenvalue weighted by Crippen LogP contribution is -2.16. The van der Waals surface area contributed by atoms with Crippen LogP contribution < -0.4 is 10.6 Å². The van der Waals surface area contributed by atoms with Gasteiger partial charge in [-0.2, -0.15) is 5.10 Å². The molecule has 2 heterocycles. The smallest absolute Gasteiger partial charge is 0.167 e. The molecule has 0 amide bonds. The van der Waals surface area contributed by atoms with Crippen molar-refractivity contribution in [2.24, 2.45) is 0 Å². The predicted molar refractivity (Wildman–Crippen MR) is 196 cm³/mol. The first kappa shape index (κ1) is 34.4. The number of hydrogen-bond acceptors (Lipinski definition) is 7. The lowest BCUT2D eigenvalue weighted by atomic mass is 10.1. The number of fused-ring (bicyclic) bond motifs is 1. The summed E-state index contributed by atoms with van der Waals surface area (Å²) >= 11 is 0. The van der Waals surface area contributed by atoms with Crippen molar-refractivity contribution in [1.82, 2.24) is 40.2 Å². The van der Waals surface area contributed by atoms with Crippen molar-refractivity contribution >= 4 is 11.0 Å². The van der Waals surface area contributed by atoms with Crippen LogP contribution >= 0.6 is 0 Å². The standard InChI is InChI=1S/C39H52N8/c1-45(2)26-12-6-10-24-40-28-31-16-20-33(21-17-31)37-36-30-42-47(35-14-8-5-9-15-35)39(36)44-38(43-37)34-22-18-32(19-23-34)29-41-25-11-7-13-27-46(3)4/h5,8-9,14-23,30,40-41H,6-7,10-13,24-29H2,1-4H3. The largest absolute Gasteiger partial charge is 0.313 e. The molecule has 0 spiro atoms. The van der Waals surface area contributed by atoms with E-state index in [2.05, 4.69) is 109 Å². The monoisotopic (exact) mass is 632 g/mol. The first-order valence-corrected chi connectivity index (χ1v) is 17.2. The first-order chi connectivity index (χ1) is 23.0. The van der Waals surface area contributed by atoms with Crippen LogP contribution in [0.1, 0.15) is 49.7 Å². The zero-order valence-electron chi connectivity index (χ0n) is 28.8. The summed E-state index contributed by atoms with van der Waals surface area (Å²) < 4.78 is 1.91. The average molecular weight is 633 g/mol. The van der Waals surface area contributed by atoms with Crippen molar-refractivity contribution in [3.63, 3.8) is 0 Å². The third-order valence-corrected chi connectivity index (χ3v) is 8.44. The molecular formula is C39H52N8. The lowest BCUT2D eigenvalue weighted by Gasteiger charge is -2.11. The van der Waals surface area contributed by atoms with Gasteiger partial charge in [0.05, 0.1) is 23.0 Å². The van der Waals surface area contributed by atoms with E-state index >= 15 is 0 Å². The molecule has 0 radical (unpaired) electrons. The Morgan fingerprint density at radius 3 is 1.70 bits per heavy atom. The fraction of sp³-hybridized carbons (Fsp3) is 0.410. The van der Waals surface area contributed by atoms with Crippen LogP contribution in [0.5, 0.6) is 0 Å². The van der Waals surface area contributed by atoms with Gasteiger partial charge in [-0.1, -0.05) is 79.6 Å². The minimum Gasteiger partial charge on any atom is -0.313 e. The van der Waals surface area contributed by atoms with E-state index in [9.17, 15) is 0 Å². The van der Waals surface area contributed by atoms with E-state index in [0.29, 0.717) is 5.82 Å². The highest BCUT2D eigenvalue weighted by Crippen LogP contribution is 2.30. The summed E-state index contributed by atoms with van der Waals surface area (Å²) in [7, 11) is 8.54. The Bertz CT molecular complexity index is 1630. The molecule has 0 atom stereocenters. The summed E-state index contributed by atoms with van der Waals surface area (Å²) in [5, 5.41) is 12.9. The average Bonchev–Trinajstić information content (AvgIpc) is 3.52. The Kier molecular flexibility index (Phi) is 13.0. The molecule has 5 rings (SSSR count). The highest BCUT2D eigenvalue weighted by Gasteiger charge is 2.17. The maximum atomic E-state index is 5.14. The maximum Gasteiger partial charge on any atom is 0.167 e. The van der Waals surface area contributed by atoms with Crippen molar-refractivity contribution in [2.75, 3.05) is 54.4 Å². The molecular weight excluding hydrogens is 580 g/mol. The van der Waals surface area contributed by atoms with Crippen LogP contribution in [0.3, 0.4) is 0 Å². The molecule has 47 heavy (non-hydrogen) atoms. The van der Waals surface area contributed by atoms with Gasteiger partial charge >= 0.3 is 0 Å². The van der Waals surface area contributed by atoms with E-state index in [1.165, 1.54) is 49.7 Å². The Morgan fingerprint density at radius 1 is 0.596 bits per heavy atom. The third kappa shape index (κ3) is 10.3. The topological polar surface area (TPSA) is 74.1 Å². The number of unbranched alkanes of at least 4 members (excludes halogenated alkanes) is 4. The van der Waals surface area contributed by atoms with E-state index in [0.717, 1.165) is 72.8 Å². The van der Waals surface area contributed by atoms with Crippen molar-refractivity contribution in [3.05, 3.63) is 96.2 Å². The van der Waals surface area contributed by atoms with Gasteiger partial charge in [-0.15, -0.1) is 0 Å². The summed E-state index contributed by atoms with van der Waals surface area (Å²) in [5.74, 6) is 0.700. The first-order valence-electron chi connectivity index (χ1n) is 17.2. The number of benzene rings is 3. The van der Waals surface area contributed by atoms with Gasteiger partial charge in [-0.3, -0.25) is 0 Å². The minimum absolute atomic E-state index is 0.700. The second kappa shape index (κ2) is 17.8. The number of nitrogens with zero attached hydrogens (tertiary/aromatic N) is 6. The van der Waals surface area contributed by atoms with Gasteiger partial charge < -0.3 is 20.4 Å². The summed E-state index contributed by atoms with van der Waals surface area (Å²) in [5.41, 5.74) is 7.26. The fourth-order valence-electron chi connectivity index (χ4n) is 5.74. The number of para-hydroxylation sites is 1. The second-order valence-electron chi connectivity index (χ2n) is 13.0. The zero-order chi connectivity index (χ0) is 32.8. The van der Waals surface area contributed by atoms with Gasteiger partial charge in [-0.25, -0.2) is 14.6 Å². The Balaban J connectivity index is 1.30. The lowest BCUT2D eigenvalue weighted by molar-refractivity contribution is 0.390.